The van der Waals surface area contributed by atoms with E-state index in [1.165, 1.54) is 11.3 Å². The Kier molecular flexibility index (Phi) is 9.67. The van der Waals surface area contributed by atoms with Crippen LogP contribution in [0.15, 0.2) is 113 Å². The van der Waals surface area contributed by atoms with E-state index >= 15 is 0 Å². The summed E-state index contributed by atoms with van der Waals surface area (Å²) in [6.07, 6.45) is 0. The number of thioether (sulfide) groups is 1. The van der Waals surface area contributed by atoms with Gasteiger partial charge in [-0.15, -0.1) is 10.2 Å². The molecule has 0 fully saturated rings. The zero-order valence-corrected chi connectivity index (χ0v) is 30.4. The lowest BCUT2D eigenvalue weighted by molar-refractivity contribution is -0.113. The fraction of sp³-hybridized carbons (Fsp3) is 0.0833. The number of rotatable bonds is 9. The number of thiazole rings is 1. The van der Waals surface area contributed by atoms with Crippen molar-refractivity contribution in [2.24, 2.45) is 7.05 Å². The van der Waals surface area contributed by atoms with Crippen LogP contribution < -0.4 is 10.9 Å². The predicted octanol–water partition coefficient (Wildman–Crippen LogP) is 9.21. The summed E-state index contributed by atoms with van der Waals surface area (Å²) in [4.78, 5) is 33.2. The number of aromatic nitrogens is 6. The number of anilines is 1. The first kappa shape index (κ1) is 33.8. The van der Waals surface area contributed by atoms with Gasteiger partial charge in [-0.1, -0.05) is 125 Å². The van der Waals surface area contributed by atoms with E-state index in [4.69, 9.17) is 39.8 Å². The van der Waals surface area contributed by atoms with Crippen LogP contribution in [0.3, 0.4) is 0 Å². The number of amides is 1. The van der Waals surface area contributed by atoms with Gasteiger partial charge in [0.2, 0.25) is 5.91 Å². The van der Waals surface area contributed by atoms with E-state index in [0.29, 0.717) is 59.5 Å². The van der Waals surface area contributed by atoms with E-state index in [1.54, 1.807) is 32.1 Å². The molecule has 0 saturated carbocycles. The number of benzene rings is 4. The molecule has 9 nitrogen and oxygen atoms in total. The lowest BCUT2D eigenvalue weighted by atomic mass is 10.1. The lowest BCUT2D eigenvalue weighted by Crippen LogP contribution is -2.22. The quantitative estimate of drug-likeness (QED) is 0.148. The van der Waals surface area contributed by atoms with Gasteiger partial charge >= 0.3 is 0 Å². The predicted molar refractivity (Wildman–Crippen MR) is 203 cm³/mol. The Morgan fingerprint density at radius 1 is 0.800 bits per heavy atom. The average Bonchev–Trinajstić information content (AvgIpc) is 3.78. The van der Waals surface area contributed by atoms with Gasteiger partial charge in [-0.25, -0.2) is 9.67 Å². The highest BCUT2D eigenvalue weighted by Gasteiger charge is 2.27. The maximum absolute atomic E-state index is 14.1. The summed E-state index contributed by atoms with van der Waals surface area (Å²) in [6, 6.07) is 31.4. The average molecular weight is 759 g/mol. The molecule has 50 heavy (non-hydrogen) atoms. The molecule has 250 valence electrons. The summed E-state index contributed by atoms with van der Waals surface area (Å²) in [7, 11) is 1.81. The van der Waals surface area contributed by atoms with E-state index in [0.717, 1.165) is 27.8 Å². The van der Waals surface area contributed by atoms with Gasteiger partial charge in [0.15, 0.2) is 16.1 Å². The maximum Gasteiger partial charge on any atom is 0.296 e. The number of para-hydroxylation sites is 1. The Morgan fingerprint density at radius 2 is 1.38 bits per heavy atom. The first-order valence-corrected chi connectivity index (χ1v) is 18.1. The zero-order chi connectivity index (χ0) is 34.9. The summed E-state index contributed by atoms with van der Waals surface area (Å²) in [6.45, 7) is 1.85. The fourth-order valence-corrected chi connectivity index (χ4v) is 8.02. The lowest BCUT2D eigenvalue weighted by Gasteiger charge is -2.10. The molecule has 0 aliphatic carbocycles. The highest BCUT2D eigenvalue weighted by molar-refractivity contribution is 7.99. The van der Waals surface area contributed by atoms with Crippen molar-refractivity contribution < 1.29 is 4.79 Å². The van der Waals surface area contributed by atoms with Crippen molar-refractivity contribution in [2.75, 3.05) is 11.1 Å². The van der Waals surface area contributed by atoms with Crippen LogP contribution in [0, 0.1) is 6.92 Å². The van der Waals surface area contributed by atoms with E-state index in [1.807, 2.05) is 98.9 Å². The second-order valence-corrected chi connectivity index (χ2v) is 14.2. The number of hydrogen-bond donors (Lipinski definition) is 1. The standard InChI is InChI=1S/C36H26Cl3N7O2S2/c1-21-31(34(48)46(44(21)2)22-12-4-3-5-13-22)45-33(25-16-8-11-19-28(25)39)42-43-36(45)49-20-29(47)40-35-41-30(23-14-6-9-17-26(23)37)32(50-35)24-15-7-10-18-27(24)38/h3-19H,20H2,1-2H3,(H,40,41,47). The second kappa shape index (κ2) is 14.3. The van der Waals surface area contributed by atoms with Gasteiger partial charge in [0.05, 0.1) is 37.8 Å². The summed E-state index contributed by atoms with van der Waals surface area (Å²) < 4.78 is 5.03. The number of nitrogens with zero attached hydrogens (tertiary/aromatic N) is 6. The largest absolute Gasteiger partial charge is 0.301 e. The molecule has 7 rings (SSSR count). The van der Waals surface area contributed by atoms with E-state index in [2.05, 4.69) is 15.5 Å². The molecule has 0 saturated heterocycles. The van der Waals surface area contributed by atoms with Crippen molar-refractivity contribution in [3.63, 3.8) is 0 Å². The molecule has 0 unspecified atom stereocenters. The minimum Gasteiger partial charge on any atom is -0.301 e. The Balaban J connectivity index is 1.24. The van der Waals surface area contributed by atoms with Crippen molar-refractivity contribution in [3.05, 3.63) is 134 Å². The van der Waals surface area contributed by atoms with Gasteiger partial charge < -0.3 is 5.32 Å². The molecule has 0 spiro atoms. The normalized spacial score (nSPS) is 11.2. The Morgan fingerprint density at radius 3 is 2.02 bits per heavy atom. The van der Waals surface area contributed by atoms with Gasteiger partial charge in [0.1, 0.15) is 5.69 Å². The topological polar surface area (TPSA) is 99.6 Å². The van der Waals surface area contributed by atoms with E-state index < -0.39 is 0 Å². The molecule has 1 amide bonds. The molecule has 3 aromatic heterocycles. The Labute approximate surface area is 310 Å². The fourth-order valence-electron chi connectivity index (χ4n) is 5.52. The van der Waals surface area contributed by atoms with Crippen LogP contribution in [-0.2, 0) is 11.8 Å². The van der Waals surface area contributed by atoms with Crippen LogP contribution in [0.1, 0.15) is 5.69 Å². The smallest absolute Gasteiger partial charge is 0.296 e. The minimum atomic E-state index is -0.333. The SMILES string of the molecule is Cc1c(-n2c(SCC(=O)Nc3nc(-c4ccccc4Cl)c(-c4ccccc4Cl)s3)nnc2-c2ccccc2Cl)c(=O)n(-c2ccccc2)n1C. The van der Waals surface area contributed by atoms with Crippen molar-refractivity contribution in [1.82, 2.24) is 29.1 Å². The third kappa shape index (κ3) is 6.38. The molecule has 0 bridgehead atoms. The molecule has 0 atom stereocenters. The number of hydrogen-bond acceptors (Lipinski definition) is 7. The molecule has 7 aromatic rings. The maximum atomic E-state index is 14.1. The third-order valence-corrected chi connectivity index (χ3v) is 10.9. The summed E-state index contributed by atoms with van der Waals surface area (Å²) in [5.74, 6) is -0.0133. The zero-order valence-electron chi connectivity index (χ0n) is 26.5. The molecule has 0 radical (unpaired) electrons. The molecule has 4 aromatic carbocycles. The van der Waals surface area contributed by atoms with Gasteiger partial charge in [-0.2, -0.15) is 0 Å². The van der Waals surface area contributed by atoms with E-state index in [9.17, 15) is 9.59 Å². The van der Waals surface area contributed by atoms with Gasteiger partial charge in [0, 0.05) is 28.8 Å². The van der Waals surface area contributed by atoms with Gasteiger partial charge in [-0.3, -0.25) is 18.8 Å². The second-order valence-electron chi connectivity index (χ2n) is 11.0. The van der Waals surface area contributed by atoms with Crippen LogP contribution in [0.2, 0.25) is 15.1 Å². The first-order valence-electron chi connectivity index (χ1n) is 15.2. The molecule has 1 N–H and O–H groups in total. The summed E-state index contributed by atoms with van der Waals surface area (Å²) in [5, 5.41) is 14.1. The van der Waals surface area contributed by atoms with Crippen molar-refractivity contribution in [3.8, 4) is 44.5 Å². The van der Waals surface area contributed by atoms with Crippen molar-refractivity contribution in [1.29, 1.82) is 0 Å². The van der Waals surface area contributed by atoms with Gasteiger partial charge in [0.25, 0.3) is 5.56 Å². The third-order valence-electron chi connectivity index (χ3n) is 7.95. The molecular formula is C36H26Cl3N7O2S2. The Bertz CT molecular complexity index is 2370. The summed E-state index contributed by atoms with van der Waals surface area (Å²) in [5.41, 5.74) is 4.12. The van der Waals surface area contributed by atoms with Crippen molar-refractivity contribution in [2.45, 2.75) is 12.1 Å². The number of carbonyl (C=O) groups is 1. The molecular weight excluding hydrogens is 733 g/mol. The number of halogens is 3. The molecule has 0 aliphatic heterocycles. The Hall–Kier alpha value is -4.65. The van der Waals surface area contributed by atoms with E-state index in [-0.39, 0.29) is 17.2 Å². The molecule has 3 heterocycles. The van der Waals surface area contributed by atoms with Crippen molar-refractivity contribution >= 4 is 68.9 Å². The number of nitrogens with one attached hydrogen (secondary N) is 1. The monoisotopic (exact) mass is 757 g/mol. The number of carbonyl (C=O) groups excluding carboxylic acids is 1. The van der Waals surface area contributed by atoms with Gasteiger partial charge in [-0.05, 0) is 43.3 Å². The van der Waals surface area contributed by atoms with Crippen LogP contribution >= 0.6 is 57.9 Å². The van der Waals surface area contributed by atoms with Crippen LogP contribution in [-0.4, -0.2) is 40.8 Å². The van der Waals surface area contributed by atoms with Crippen LogP contribution in [0.25, 0.3) is 44.5 Å². The molecule has 0 aliphatic rings. The van der Waals surface area contributed by atoms with Crippen LogP contribution in [0.5, 0.6) is 0 Å². The summed E-state index contributed by atoms with van der Waals surface area (Å²) >= 11 is 22.2. The minimum absolute atomic E-state index is 0.0537. The van der Waals surface area contributed by atoms with Crippen LogP contribution in [0.4, 0.5) is 5.13 Å². The molecule has 14 heteroatoms. The highest BCUT2D eigenvalue weighted by atomic mass is 35.5. The first-order chi connectivity index (χ1) is 24.2. The highest BCUT2D eigenvalue weighted by Crippen LogP contribution is 2.43.